The fraction of sp³-hybridized carbons (Fsp3) is 0.375. The minimum atomic E-state index is -4.46. The lowest BCUT2D eigenvalue weighted by molar-refractivity contribution is -0.117. The molecule has 7 heteroatoms. The first-order valence-corrected chi connectivity index (χ1v) is 8.22. The Labute approximate surface area is 137 Å². The van der Waals surface area contributed by atoms with E-state index in [1.807, 2.05) is 13.0 Å². The van der Waals surface area contributed by atoms with Crippen molar-refractivity contribution in [1.29, 1.82) is 0 Å². The largest absolute Gasteiger partial charge is 0.412 e. The van der Waals surface area contributed by atoms with Gasteiger partial charge in [-0.1, -0.05) is 13.0 Å². The van der Waals surface area contributed by atoms with Crippen molar-refractivity contribution < 1.29 is 18.0 Å². The van der Waals surface area contributed by atoms with Gasteiger partial charge in [0.25, 0.3) is 0 Å². The molecule has 2 heterocycles. The number of allylic oxidation sites excluding steroid dienone is 2. The van der Waals surface area contributed by atoms with Gasteiger partial charge in [-0.2, -0.15) is 13.2 Å². The van der Waals surface area contributed by atoms with Gasteiger partial charge in [0, 0.05) is 29.8 Å². The monoisotopic (exact) mass is 342 g/mol. The number of aromatic nitrogens is 1. The Morgan fingerprint density at radius 3 is 2.83 bits per heavy atom. The van der Waals surface area contributed by atoms with Gasteiger partial charge in [-0.25, -0.2) is 0 Å². The highest BCUT2D eigenvalue weighted by Gasteiger charge is 2.33. The van der Waals surface area contributed by atoms with E-state index in [1.54, 1.807) is 18.5 Å². The Kier molecular flexibility index (Phi) is 5.87. The zero-order valence-corrected chi connectivity index (χ0v) is 13.4. The molecule has 0 aliphatic carbocycles. The normalized spacial score (nSPS) is 20.6. The van der Waals surface area contributed by atoms with E-state index in [0.29, 0.717) is 16.9 Å². The molecule has 1 aliphatic heterocycles. The average Bonchev–Trinajstić information content (AvgIpc) is 2.48. The van der Waals surface area contributed by atoms with Gasteiger partial charge in [0.05, 0.1) is 5.03 Å². The van der Waals surface area contributed by atoms with Crippen LogP contribution in [0.15, 0.2) is 41.2 Å². The van der Waals surface area contributed by atoms with Crippen LogP contribution in [0.5, 0.6) is 0 Å². The zero-order valence-electron chi connectivity index (χ0n) is 12.6. The van der Waals surface area contributed by atoms with Crippen molar-refractivity contribution in [2.75, 3.05) is 0 Å². The summed E-state index contributed by atoms with van der Waals surface area (Å²) in [4.78, 5) is 15.8. The molecule has 1 aromatic rings. The topological polar surface area (TPSA) is 42.0 Å². The Morgan fingerprint density at radius 1 is 1.35 bits per heavy atom. The van der Waals surface area contributed by atoms with Gasteiger partial charge in [-0.3, -0.25) is 9.78 Å². The second kappa shape index (κ2) is 7.68. The van der Waals surface area contributed by atoms with Crippen molar-refractivity contribution in [3.63, 3.8) is 0 Å². The van der Waals surface area contributed by atoms with Gasteiger partial charge in [0.1, 0.15) is 0 Å². The number of aryl methyl sites for hydroxylation is 1. The predicted molar refractivity (Wildman–Crippen MR) is 84.5 cm³/mol. The summed E-state index contributed by atoms with van der Waals surface area (Å²) < 4.78 is 38.1. The van der Waals surface area contributed by atoms with Gasteiger partial charge in [-0.05, 0) is 36.5 Å². The third-order valence-electron chi connectivity index (χ3n) is 3.43. The minimum Gasteiger partial charge on any atom is -0.317 e. The van der Waals surface area contributed by atoms with Crippen LogP contribution in [0.1, 0.15) is 30.9 Å². The molecule has 0 saturated carbocycles. The van der Waals surface area contributed by atoms with Crippen molar-refractivity contribution in [1.82, 2.24) is 10.3 Å². The standard InChI is InChI=1S/C16H17F3N2OS/c1-2-11-9-20-7-6-12(11)10-23-15-5-3-4-13(16(17,18)19)8-14(22)21-15/h5-9H,2-4,10H2,1H3,(H,21,22)/b13-8+,15-5-. The van der Waals surface area contributed by atoms with Gasteiger partial charge in [0.15, 0.2) is 0 Å². The van der Waals surface area contributed by atoms with E-state index >= 15 is 0 Å². The van der Waals surface area contributed by atoms with Crippen molar-refractivity contribution in [3.05, 3.63) is 52.3 Å². The number of nitrogens with one attached hydrogen (secondary N) is 1. The Bertz CT molecular complexity index is 638. The molecule has 0 unspecified atom stereocenters. The highest BCUT2D eigenvalue weighted by atomic mass is 32.2. The molecular formula is C16H17F3N2OS. The fourth-order valence-corrected chi connectivity index (χ4v) is 3.19. The maximum atomic E-state index is 12.7. The van der Waals surface area contributed by atoms with E-state index in [0.717, 1.165) is 17.5 Å². The second-order valence-electron chi connectivity index (χ2n) is 5.05. The summed E-state index contributed by atoms with van der Waals surface area (Å²) in [6.07, 6.45) is 2.26. The minimum absolute atomic E-state index is 0.184. The van der Waals surface area contributed by atoms with E-state index in [9.17, 15) is 18.0 Å². The highest BCUT2D eigenvalue weighted by molar-refractivity contribution is 8.02. The first-order chi connectivity index (χ1) is 10.9. The third-order valence-corrected chi connectivity index (χ3v) is 4.46. The first-order valence-electron chi connectivity index (χ1n) is 7.23. The molecule has 23 heavy (non-hydrogen) atoms. The molecule has 1 aliphatic rings. The molecule has 0 bridgehead atoms. The number of hydrogen-bond acceptors (Lipinski definition) is 3. The van der Waals surface area contributed by atoms with Crippen LogP contribution >= 0.6 is 11.8 Å². The summed E-state index contributed by atoms with van der Waals surface area (Å²) in [7, 11) is 0. The number of amides is 1. The summed E-state index contributed by atoms with van der Waals surface area (Å²) >= 11 is 1.41. The number of hydrogen-bond donors (Lipinski definition) is 1. The molecule has 2 rings (SSSR count). The van der Waals surface area contributed by atoms with Gasteiger partial charge in [0.2, 0.25) is 5.91 Å². The molecule has 0 spiro atoms. The fourth-order valence-electron chi connectivity index (χ4n) is 2.19. The average molecular weight is 342 g/mol. The molecule has 1 amide bonds. The van der Waals surface area contributed by atoms with Crippen LogP contribution in [0, 0.1) is 0 Å². The number of pyridine rings is 1. The van der Waals surface area contributed by atoms with Crippen molar-refractivity contribution in [2.45, 2.75) is 38.1 Å². The molecule has 0 atom stereocenters. The number of alkyl halides is 3. The molecule has 124 valence electrons. The molecule has 0 aromatic carbocycles. The van der Waals surface area contributed by atoms with E-state index < -0.39 is 17.7 Å². The summed E-state index contributed by atoms with van der Waals surface area (Å²) in [5, 5.41) is 3.11. The SMILES string of the molecule is CCc1cnccc1CS/C1=C\CC/C(C(F)(F)F)=C\C(=O)N1. The number of thioether (sulfide) groups is 1. The van der Waals surface area contributed by atoms with Crippen LogP contribution < -0.4 is 5.32 Å². The van der Waals surface area contributed by atoms with Crippen LogP contribution in [-0.4, -0.2) is 17.1 Å². The Balaban J connectivity index is 2.02. The van der Waals surface area contributed by atoms with Crippen LogP contribution in [0.25, 0.3) is 0 Å². The molecule has 0 radical (unpaired) electrons. The quantitative estimate of drug-likeness (QED) is 0.895. The van der Waals surface area contributed by atoms with Gasteiger partial charge < -0.3 is 5.32 Å². The number of rotatable bonds is 4. The van der Waals surface area contributed by atoms with Crippen molar-refractivity contribution >= 4 is 17.7 Å². The van der Waals surface area contributed by atoms with E-state index in [2.05, 4.69) is 10.3 Å². The molecular weight excluding hydrogens is 325 g/mol. The Hall–Kier alpha value is -1.76. The first kappa shape index (κ1) is 17.6. The second-order valence-corrected chi connectivity index (χ2v) is 6.07. The third kappa shape index (κ3) is 5.13. The lowest BCUT2D eigenvalue weighted by atomic mass is 10.1. The van der Waals surface area contributed by atoms with Crippen LogP contribution in [-0.2, 0) is 17.0 Å². The maximum Gasteiger partial charge on any atom is 0.412 e. The zero-order chi connectivity index (χ0) is 16.9. The number of carbonyl (C=O) groups excluding carboxylic acids is 1. The van der Waals surface area contributed by atoms with E-state index in [-0.39, 0.29) is 12.8 Å². The van der Waals surface area contributed by atoms with Crippen molar-refractivity contribution in [3.8, 4) is 0 Å². The summed E-state index contributed by atoms with van der Waals surface area (Å²) in [6, 6.07) is 1.92. The van der Waals surface area contributed by atoms with E-state index in [1.165, 1.54) is 11.8 Å². The number of carbonyl (C=O) groups is 1. The summed E-state index contributed by atoms with van der Waals surface area (Å²) in [5.74, 6) is -0.102. The van der Waals surface area contributed by atoms with Crippen LogP contribution in [0.4, 0.5) is 13.2 Å². The van der Waals surface area contributed by atoms with Gasteiger partial charge in [-0.15, -0.1) is 11.8 Å². The number of nitrogens with zero attached hydrogens (tertiary/aromatic N) is 1. The smallest absolute Gasteiger partial charge is 0.317 e. The lowest BCUT2D eigenvalue weighted by Gasteiger charge is -2.16. The summed E-state index contributed by atoms with van der Waals surface area (Å²) in [6.45, 7) is 2.03. The lowest BCUT2D eigenvalue weighted by Crippen LogP contribution is -2.24. The number of halogens is 3. The maximum absolute atomic E-state index is 12.7. The van der Waals surface area contributed by atoms with Gasteiger partial charge >= 0.3 is 6.18 Å². The summed E-state index contributed by atoms with van der Waals surface area (Å²) in [5.41, 5.74) is 1.44. The highest BCUT2D eigenvalue weighted by Crippen LogP contribution is 2.31. The predicted octanol–water partition coefficient (Wildman–Crippen LogP) is 4.12. The van der Waals surface area contributed by atoms with Crippen LogP contribution in [0.2, 0.25) is 0 Å². The molecule has 0 saturated heterocycles. The molecule has 0 fully saturated rings. The molecule has 1 N–H and O–H groups in total. The van der Waals surface area contributed by atoms with Crippen LogP contribution in [0.3, 0.4) is 0 Å². The Morgan fingerprint density at radius 2 is 2.13 bits per heavy atom. The van der Waals surface area contributed by atoms with E-state index in [4.69, 9.17) is 0 Å². The molecule has 3 nitrogen and oxygen atoms in total. The molecule has 1 aromatic heterocycles. The van der Waals surface area contributed by atoms with Crippen molar-refractivity contribution in [2.24, 2.45) is 0 Å².